The minimum atomic E-state index is -0.400. The summed E-state index contributed by atoms with van der Waals surface area (Å²) in [5, 5.41) is 0. The normalized spacial score (nSPS) is 11.2. The molecule has 0 unspecified atom stereocenters. The molecule has 36 heavy (non-hydrogen) atoms. The molecule has 0 saturated carbocycles. The van der Waals surface area contributed by atoms with Gasteiger partial charge in [0.25, 0.3) is 0 Å². The van der Waals surface area contributed by atoms with Crippen molar-refractivity contribution in [3.05, 3.63) is 12.2 Å². The highest BCUT2D eigenvalue weighted by molar-refractivity contribution is 5.86. The molecule has 0 aliphatic rings. The van der Waals surface area contributed by atoms with E-state index in [2.05, 4.69) is 13.5 Å². The van der Waals surface area contributed by atoms with E-state index in [9.17, 15) is 4.79 Å². The van der Waals surface area contributed by atoms with Gasteiger partial charge in [-0.3, -0.25) is 0 Å². The van der Waals surface area contributed by atoms with Crippen LogP contribution in [0.3, 0.4) is 0 Å². The molecule has 0 fully saturated rings. The van der Waals surface area contributed by atoms with E-state index in [0.717, 1.165) is 13.0 Å². The second kappa shape index (κ2) is 30.2. The fourth-order valence-corrected chi connectivity index (χ4v) is 3.21. The van der Waals surface area contributed by atoms with Gasteiger partial charge in [-0.25, -0.2) is 4.79 Å². The lowest BCUT2D eigenvalue weighted by Crippen LogP contribution is -2.15. The fraction of sp³-hybridized carbons (Fsp3) is 0.893. The molecule has 0 aromatic heterocycles. The number of rotatable bonds is 30. The van der Waals surface area contributed by atoms with Crippen LogP contribution in [-0.2, 0) is 38.0 Å². The Balaban J connectivity index is 3.05. The molecule has 0 aliphatic heterocycles. The van der Waals surface area contributed by atoms with Crippen molar-refractivity contribution in [3.8, 4) is 0 Å². The average molecular weight is 519 g/mol. The van der Waals surface area contributed by atoms with E-state index in [1.807, 2.05) is 0 Å². The van der Waals surface area contributed by atoms with Gasteiger partial charge in [-0.1, -0.05) is 71.3 Å². The van der Waals surface area contributed by atoms with Gasteiger partial charge in [-0.2, -0.15) is 0 Å². The standard InChI is InChI=1S/C28H54O8/c1-4-5-6-7-8-9-10-11-12-13-14-30-15-16-31-17-18-32-19-20-33-21-22-34-23-24-35-25-26-36-28(29)27(2)3/h2,4-26H2,1,3H3. The predicted octanol–water partition coefficient (Wildman–Crippen LogP) is 5.13. The molecule has 0 N–H and O–H groups in total. The molecule has 0 amide bonds. The van der Waals surface area contributed by atoms with E-state index in [0.29, 0.717) is 78.2 Å². The van der Waals surface area contributed by atoms with Crippen molar-refractivity contribution in [3.63, 3.8) is 0 Å². The molecule has 0 heterocycles. The Hall–Kier alpha value is -1.03. The smallest absolute Gasteiger partial charge is 0.333 e. The second-order valence-corrected chi connectivity index (χ2v) is 8.77. The van der Waals surface area contributed by atoms with E-state index in [-0.39, 0.29) is 6.61 Å². The Bertz CT molecular complexity index is 472. The molecule has 8 heteroatoms. The van der Waals surface area contributed by atoms with E-state index in [1.54, 1.807) is 6.92 Å². The Morgan fingerprint density at radius 2 is 0.778 bits per heavy atom. The zero-order chi connectivity index (χ0) is 26.4. The van der Waals surface area contributed by atoms with Crippen LogP contribution in [0.2, 0.25) is 0 Å². The summed E-state index contributed by atoms with van der Waals surface area (Å²) in [5.74, 6) is -0.400. The van der Waals surface area contributed by atoms with Crippen molar-refractivity contribution in [1.29, 1.82) is 0 Å². The van der Waals surface area contributed by atoms with Crippen molar-refractivity contribution in [2.45, 2.75) is 78.1 Å². The number of carbonyl (C=O) groups is 1. The predicted molar refractivity (Wildman–Crippen MR) is 143 cm³/mol. The average Bonchev–Trinajstić information content (AvgIpc) is 2.87. The molecule has 0 aromatic carbocycles. The molecule has 0 saturated heterocycles. The quantitative estimate of drug-likeness (QED) is 0.0736. The molecule has 0 aromatic rings. The summed E-state index contributed by atoms with van der Waals surface area (Å²) in [5.41, 5.74) is 0.382. The number of esters is 1. The van der Waals surface area contributed by atoms with Gasteiger partial charge >= 0.3 is 5.97 Å². The van der Waals surface area contributed by atoms with Gasteiger partial charge < -0.3 is 33.2 Å². The minimum absolute atomic E-state index is 0.215. The second-order valence-electron chi connectivity index (χ2n) is 8.77. The molecule has 0 aliphatic carbocycles. The lowest BCUT2D eigenvalue weighted by molar-refractivity contribution is -0.140. The number of unbranched alkanes of at least 4 members (excludes halogenated alkanes) is 9. The van der Waals surface area contributed by atoms with Crippen LogP contribution in [0.25, 0.3) is 0 Å². The molecule has 8 nitrogen and oxygen atoms in total. The first-order valence-corrected chi connectivity index (χ1v) is 14.0. The summed E-state index contributed by atoms with van der Waals surface area (Å²) >= 11 is 0. The van der Waals surface area contributed by atoms with Crippen LogP contribution in [-0.4, -0.2) is 91.9 Å². The van der Waals surface area contributed by atoms with Gasteiger partial charge in [0.1, 0.15) is 6.61 Å². The van der Waals surface area contributed by atoms with Crippen molar-refractivity contribution >= 4 is 5.97 Å². The molecule has 0 bridgehead atoms. The summed E-state index contributed by atoms with van der Waals surface area (Å²) in [6.45, 7) is 14.1. The third-order valence-electron chi connectivity index (χ3n) is 5.31. The van der Waals surface area contributed by atoms with Gasteiger partial charge in [-0.15, -0.1) is 0 Å². The fourth-order valence-electron chi connectivity index (χ4n) is 3.21. The first-order valence-electron chi connectivity index (χ1n) is 14.0. The summed E-state index contributed by atoms with van der Waals surface area (Å²) in [7, 11) is 0. The van der Waals surface area contributed by atoms with E-state index >= 15 is 0 Å². The first-order chi connectivity index (χ1) is 17.7. The van der Waals surface area contributed by atoms with Gasteiger partial charge in [0.05, 0.1) is 72.7 Å². The lowest BCUT2D eigenvalue weighted by Gasteiger charge is -2.08. The van der Waals surface area contributed by atoms with Crippen LogP contribution in [0.15, 0.2) is 12.2 Å². The first kappa shape index (κ1) is 35.0. The highest BCUT2D eigenvalue weighted by Gasteiger charge is 2.01. The van der Waals surface area contributed by atoms with Crippen LogP contribution in [0.4, 0.5) is 0 Å². The van der Waals surface area contributed by atoms with E-state index < -0.39 is 5.97 Å². The molecule has 0 atom stereocenters. The molecular weight excluding hydrogens is 464 g/mol. The molecule has 214 valence electrons. The number of hydrogen-bond donors (Lipinski definition) is 0. The lowest BCUT2D eigenvalue weighted by atomic mass is 10.1. The monoisotopic (exact) mass is 518 g/mol. The highest BCUT2D eigenvalue weighted by Crippen LogP contribution is 2.10. The number of carbonyl (C=O) groups excluding carboxylic acids is 1. The molecule has 0 spiro atoms. The number of hydrogen-bond acceptors (Lipinski definition) is 8. The maximum Gasteiger partial charge on any atom is 0.333 e. The Labute approximate surface area is 220 Å². The van der Waals surface area contributed by atoms with Crippen LogP contribution in [0.1, 0.15) is 78.1 Å². The van der Waals surface area contributed by atoms with Crippen molar-refractivity contribution in [1.82, 2.24) is 0 Å². The van der Waals surface area contributed by atoms with Crippen LogP contribution < -0.4 is 0 Å². The van der Waals surface area contributed by atoms with Gasteiger partial charge in [0.15, 0.2) is 0 Å². The molecule has 0 rings (SSSR count). The minimum Gasteiger partial charge on any atom is -0.460 e. The Morgan fingerprint density at radius 3 is 1.14 bits per heavy atom. The van der Waals surface area contributed by atoms with E-state index in [1.165, 1.54) is 57.8 Å². The van der Waals surface area contributed by atoms with Crippen LogP contribution in [0.5, 0.6) is 0 Å². The summed E-state index contributed by atoms with van der Waals surface area (Å²) < 4.78 is 37.7. The van der Waals surface area contributed by atoms with Crippen molar-refractivity contribution in [2.75, 3.05) is 85.9 Å². The summed E-state index contributed by atoms with van der Waals surface area (Å²) in [6.07, 6.45) is 13.4. The summed E-state index contributed by atoms with van der Waals surface area (Å²) in [4.78, 5) is 11.2. The van der Waals surface area contributed by atoms with Crippen molar-refractivity contribution < 1.29 is 38.0 Å². The zero-order valence-electron chi connectivity index (χ0n) is 23.2. The molecular formula is C28H54O8. The van der Waals surface area contributed by atoms with E-state index in [4.69, 9.17) is 33.2 Å². The molecule has 0 radical (unpaired) electrons. The zero-order valence-corrected chi connectivity index (χ0v) is 23.2. The van der Waals surface area contributed by atoms with Crippen LogP contribution >= 0.6 is 0 Å². The maximum absolute atomic E-state index is 11.2. The number of ether oxygens (including phenoxy) is 7. The SMILES string of the molecule is C=C(C)C(=O)OCCOCCOCCOCCOCCOCCOCCCCCCCCCCCC. The summed E-state index contributed by atoms with van der Waals surface area (Å²) in [6, 6.07) is 0. The highest BCUT2D eigenvalue weighted by atomic mass is 16.6. The third-order valence-corrected chi connectivity index (χ3v) is 5.31. The van der Waals surface area contributed by atoms with Gasteiger partial charge in [0.2, 0.25) is 0 Å². The Kier molecular flexibility index (Phi) is 29.3. The largest absolute Gasteiger partial charge is 0.460 e. The van der Waals surface area contributed by atoms with Crippen LogP contribution in [0, 0.1) is 0 Å². The van der Waals surface area contributed by atoms with Crippen molar-refractivity contribution in [2.24, 2.45) is 0 Å². The van der Waals surface area contributed by atoms with Gasteiger partial charge in [0, 0.05) is 12.2 Å². The third kappa shape index (κ3) is 29.2. The topological polar surface area (TPSA) is 81.7 Å². The maximum atomic E-state index is 11.2. The Morgan fingerprint density at radius 1 is 0.472 bits per heavy atom. The van der Waals surface area contributed by atoms with Gasteiger partial charge in [-0.05, 0) is 13.3 Å².